The van der Waals surface area contributed by atoms with Crippen molar-refractivity contribution in [2.24, 2.45) is 5.73 Å². The Morgan fingerprint density at radius 2 is 2.00 bits per heavy atom. The topological polar surface area (TPSA) is 108 Å². The zero-order chi connectivity index (χ0) is 21.5. The Balaban J connectivity index is 1.84. The van der Waals surface area contributed by atoms with Crippen LogP contribution in [0.5, 0.6) is 0 Å². The van der Waals surface area contributed by atoms with Gasteiger partial charge in [0.1, 0.15) is 0 Å². The lowest BCUT2D eigenvalue weighted by molar-refractivity contribution is -0.117. The van der Waals surface area contributed by atoms with Gasteiger partial charge in [-0.25, -0.2) is 0 Å². The number of nitrogens with two attached hydrogens (primary N) is 1. The van der Waals surface area contributed by atoms with Gasteiger partial charge < -0.3 is 26.4 Å². The highest BCUT2D eigenvalue weighted by Gasteiger charge is 2.25. The van der Waals surface area contributed by atoms with Gasteiger partial charge in [-0.15, -0.1) is 0 Å². The van der Waals surface area contributed by atoms with Crippen molar-refractivity contribution in [1.82, 2.24) is 5.32 Å². The minimum absolute atomic E-state index is 0.0444. The molecule has 5 N–H and O–H groups in total. The fraction of sp³-hybridized carbons (Fsp3) is 0.391. The first-order valence-corrected chi connectivity index (χ1v) is 10.4. The molecule has 1 fully saturated rings. The van der Waals surface area contributed by atoms with Gasteiger partial charge >= 0.3 is 0 Å². The van der Waals surface area contributed by atoms with Gasteiger partial charge in [0.25, 0.3) is 5.91 Å². The molecule has 2 aromatic rings. The normalized spacial score (nSPS) is 15.7. The highest BCUT2D eigenvalue weighted by Crippen LogP contribution is 2.26. The summed E-state index contributed by atoms with van der Waals surface area (Å²) in [6, 6.07) is 14.5. The molecule has 2 aromatic carbocycles. The van der Waals surface area contributed by atoms with Crippen LogP contribution < -0.4 is 21.3 Å². The maximum absolute atomic E-state index is 13.1. The Kier molecular flexibility index (Phi) is 7.43. The third-order valence-electron chi connectivity index (χ3n) is 5.27. The Morgan fingerprint density at radius 3 is 2.63 bits per heavy atom. The van der Waals surface area contributed by atoms with E-state index in [9.17, 15) is 14.7 Å². The molecule has 0 radical (unpaired) electrons. The number of anilines is 2. The van der Waals surface area contributed by atoms with E-state index >= 15 is 0 Å². The first-order chi connectivity index (χ1) is 14.5. The fourth-order valence-electron chi connectivity index (χ4n) is 3.69. The van der Waals surface area contributed by atoms with E-state index in [1.54, 1.807) is 17.0 Å². The van der Waals surface area contributed by atoms with E-state index in [-0.39, 0.29) is 18.4 Å². The number of benzene rings is 2. The van der Waals surface area contributed by atoms with Crippen LogP contribution in [-0.2, 0) is 11.2 Å². The number of hydrogen-bond donors (Lipinski definition) is 4. The summed E-state index contributed by atoms with van der Waals surface area (Å²) in [6.07, 6.45) is 0.934. The van der Waals surface area contributed by atoms with Crippen LogP contribution in [0.1, 0.15) is 35.7 Å². The second-order valence-electron chi connectivity index (χ2n) is 7.52. The second kappa shape index (κ2) is 10.2. The molecule has 2 atom stereocenters. The monoisotopic (exact) mass is 410 g/mol. The summed E-state index contributed by atoms with van der Waals surface area (Å²) in [6.45, 7) is 3.36. The minimum Gasteiger partial charge on any atom is -0.390 e. The van der Waals surface area contributed by atoms with Crippen molar-refractivity contribution in [3.8, 4) is 0 Å². The summed E-state index contributed by atoms with van der Waals surface area (Å²) in [5, 5.41) is 16.5. The number of aliphatic hydroxyl groups excluding tert-OH is 1. The first kappa shape index (κ1) is 21.8. The summed E-state index contributed by atoms with van der Waals surface area (Å²) < 4.78 is 0. The molecule has 7 nitrogen and oxygen atoms in total. The van der Waals surface area contributed by atoms with Gasteiger partial charge in [-0.1, -0.05) is 30.3 Å². The van der Waals surface area contributed by atoms with Crippen LogP contribution in [0.25, 0.3) is 0 Å². The van der Waals surface area contributed by atoms with Crippen LogP contribution in [-0.4, -0.2) is 48.7 Å². The SMILES string of the molecule is CCNc1cc(C(=O)N[C@@H](Cc2ccccc2)[C@@H](O)CN)cc(N2CCCC2=O)c1. The third kappa shape index (κ3) is 5.37. The van der Waals surface area contributed by atoms with E-state index in [1.165, 1.54) is 0 Å². The number of rotatable bonds is 9. The van der Waals surface area contributed by atoms with E-state index < -0.39 is 12.1 Å². The standard InChI is InChI=1S/C23H30N4O3/c1-2-25-18-12-17(13-19(14-18)27-10-6-9-22(27)29)23(30)26-20(21(28)15-24)11-16-7-4-3-5-8-16/h3-5,7-8,12-14,20-21,25,28H,2,6,9-11,15,24H2,1H3,(H,26,30)/t20-,21-/m0/s1. The van der Waals surface area contributed by atoms with Crippen molar-refractivity contribution in [1.29, 1.82) is 0 Å². The van der Waals surface area contributed by atoms with Crippen LogP contribution in [0.2, 0.25) is 0 Å². The molecule has 1 heterocycles. The predicted molar refractivity (Wildman–Crippen MR) is 119 cm³/mol. The number of carbonyl (C=O) groups is 2. The zero-order valence-electron chi connectivity index (χ0n) is 17.3. The average molecular weight is 411 g/mol. The van der Waals surface area contributed by atoms with E-state index in [4.69, 9.17) is 5.73 Å². The fourth-order valence-corrected chi connectivity index (χ4v) is 3.69. The van der Waals surface area contributed by atoms with Gasteiger partial charge in [-0.05, 0) is 43.5 Å². The smallest absolute Gasteiger partial charge is 0.251 e. The Bertz CT molecular complexity index is 872. The van der Waals surface area contributed by atoms with E-state index in [0.29, 0.717) is 37.2 Å². The zero-order valence-corrected chi connectivity index (χ0v) is 17.3. The van der Waals surface area contributed by atoms with Crippen molar-refractivity contribution in [3.05, 3.63) is 59.7 Å². The summed E-state index contributed by atoms with van der Waals surface area (Å²) in [5.41, 5.74) is 8.59. The molecule has 0 saturated carbocycles. The average Bonchev–Trinajstić information content (AvgIpc) is 3.19. The lowest BCUT2D eigenvalue weighted by Gasteiger charge is -2.24. The summed E-state index contributed by atoms with van der Waals surface area (Å²) in [4.78, 5) is 27.0. The predicted octanol–water partition coefficient (Wildman–Crippen LogP) is 1.91. The molecule has 0 unspecified atom stereocenters. The first-order valence-electron chi connectivity index (χ1n) is 10.4. The van der Waals surface area contributed by atoms with Gasteiger partial charge in [0.2, 0.25) is 5.91 Å². The molecule has 1 aliphatic heterocycles. The molecule has 0 aromatic heterocycles. The Labute approximate surface area is 177 Å². The molecule has 0 aliphatic carbocycles. The van der Waals surface area contributed by atoms with Crippen LogP contribution in [0.15, 0.2) is 48.5 Å². The van der Waals surface area contributed by atoms with Crippen molar-refractivity contribution in [2.45, 2.75) is 38.3 Å². The number of amides is 2. The molecule has 0 bridgehead atoms. The van der Waals surface area contributed by atoms with E-state index in [1.807, 2.05) is 43.3 Å². The van der Waals surface area contributed by atoms with Gasteiger partial charge in [0.15, 0.2) is 0 Å². The van der Waals surface area contributed by atoms with Gasteiger partial charge in [-0.2, -0.15) is 0 Å². The molecule has 30 heavy (non-hydrogen) atoms. The van der Waals surface area contributed by atoms with E-state index in [0.717, 1.165) is 17.7 Å². The van der Waals surface area contributed by atoms with Crippen molar-refractivity contribution in [3.63, 3.8) is 0 Å². The number of hydrogen-bond acceptors (Lipinski definition) is 5. The number of nitrogens with zero attached hydrogens (tertiary/aromatic N) is 1. The summed E-state index contributed by atoms with van der Waals surface area (Å²) in [5.74, 6) is -0.244. The van der Waals surface area contributed by atoms with Crippen LogP contribution in [0.4, 0.5) is 11.4 Å². The largest absolute Gasteiger partial charge is 0.390 e. The lowest BCUT2D eigenvalue weighted by atomic mass is 10.0. The maximum Gasteiger partial charge on any atom is 0.251 e. The molecule has 2 amide bonds. The maximum atomic E-state index is 13.1. The molecular formula is C23H30N4O3. The highest BCUT2D eigenvalue weighted by atomic mass is 16.3. The van der Waals surface area contributed by atoms with Gasteiger partial charge in [0.05, 0.1) is 12.1 Å². The molecule has 1 saturated heterocycles. The second-order valence-corrected chi connectivity index (χ2v) is 7.52. The molecule has 1 aliphatic rings. The highest BCUT2D eigenvalue weighted by molar-refractivity contribution is 6.00. The molecule has 0 spiro atoms. The molecular weight excluding hydrogens is 380 g/mol. The van der Waals surface area contributed by atoms with Crippen LogP contribution in [0.3, 0.4) is 0 Å². The molecule has 7 heteroatoms. The van der Waals surface area contributed by atoms with Gasteiger partial charge in [-0.3, -0.25) is 9.59 Å². The van der Waals surface area contributed by atoms with Crippen molar-refractivity contribution in [2.75, 3.05) is 29.9 Å². The van der Waals surface area contributed by atoms with Crippen LogP contribution in [0, 0.1) is 0 Å². The van der Waals surface area contributed by atoms with Gasteiger partial charge in [0, 0.05) is 43.0 Å². The summed E-state index contributed by atoms with van der Waals surface area (Å²) in [7, 11) is 0. The summed E-state index contributed by atoms with van der Waals surface area (Å²) >= 11 is 0. The molecule has 3 rings (SSSR count). The van der Waals surface area contributed by atoms with Crippen molar-refractivity contribution >= 4 is 23.2 Å². The van der Waals surface area contributed by atoms with Crippen molar-refractivity contribution < 1.29 is 14.7 Å². The minimum atomic E-state index is -0.870. The molecule has 160 valence electrons. The number of nitrogens with one attached hydrogen (secondary N) is 2. The van der Waals surface area contributed by atoms with Crippen LogP contribution >= 0.6 is 0 Å². The Hall–Kier alpha value is -2.90. The number of carbonyl (C=O) groups excluding carboxylic acids is 2. The van der Waals surface area contributed by atoms with E-state index in [2.05, 4.69) is 10.6 Å². The third-order valence-corrected chi connectivity index (χ3v) is 5.27. The lowest BCUT2D eigenvalue weighted by Crippen LogP contribution is -2.47. The quantitative estimate of drug-likeness (QED) is 0.505. The Morgan fingerprint density at radius 1 is 1.23 bits per heavy atom. The number of aliphatic hydroxyl groups is 1.